The van der Waals surface area contributed by atoms with Crippen LogP contribution in [0, 0.1) is 11.8 Å². The van der Waals surface area contributed by atoms with Crippen molar-refractivity contribution < 1.29 is 9.47 Å². The highest BCUT2D eigenvalue weighted by Crippen LogP contribution is 2.49. The van der Waals surface area contributed by atoms with Gasteiger partial charge < -0.3 is 9.47 Å². The van der Waals surface area contributed by atoms with E-state index in [1.807, 2.05) is 0 Å². The maximum Gasteiger partial charge on any atom is 0.0729 e. The molecule has 1 aliphatic carbocycles. The SMILES string of the molecule is C[C@@H]1C[C@]2(CCO1)CC[C@@H]1C[C@@H]1CO2. The Balaban J connectivity index is 1.68. The van der Waals surface area contributed by atoms with Crippen molar-refractivity contribution in [2.75, 3.05) is 13.2 Å². The van der Waals surface area contributed by atoms with Crippen molar-refractivity contribution in [2.24, 2.45) is 11.8 Å². The minimum absolute atomic E-state index is 0.199. The minimum Gasteiger partial charge on any atom is -0.378 e. The highest BCUT2D eigenvalue weighted by molar-refractivity contribution is 4.96. The average Bonchev–Trinajstić information content (AvgIpc) is 2.90. The highest BCUT2D eigenvalue weighted by Gasteiger charge is 2.46. The number of rotatable bonds is 0. The molecule has 3 rings (SSSR count). The maximum atomic E-state index is 6.18. The Kier molecular flexibility index (Phi) is 2.10. The first-order chi connectivity index (χ1) is 6.77. The van der Waals surface area contributed by atoms with E-state index in [2.05, 4.69) is 6.92 Å². The Labute approximate surface area is 86.0 Å². The normalized spacial score (nSPS) is 52.5. The van der Waals surface area contributed by atoms with Crippen LogP contribution in [0.2, 0.25) is 0 Å². The zero-order valence-electron chi connectivity index (χ0n) is 9.00. The Bertz CT molecular complexity index is 214. The van der Waals surface area contributed by atoms with Gasteiger partial charge in [-0.05, 0) is 44.4 Å². The second-order valence-corrected chi connectivity index (χ2v) is 5.42. The van der Waals surface area contributed by atoms with Gasteiger partial charge in [-0.25, -0.2) is 0 Å². The lowest BCUT2D eigenvalue weighted by atomic mass is 9.86. The topological polar surface area (TPSA) is 18.5 Å². The van der Waals surface area contributed by atoms with Crippen molar-refractivity contribution in [1.82, 2.24) is 0 Å². The Morgan fingerprint density at radius 1 is 1.21 bits per heavy atom. The summed E-state index contributed by atoms with van der Waals surface area (Å²) in [5, 5.41) is 0. The molecule has 2 saturated heterocycles. The zero-order chi connectivity index (χ0) is 9.60. The van der Waals surface area contributed by atoms with Gasteiger partial charge in [-0.3, -0.25) is 0 Å². The molecule has 4 atom stereocenters. The van der Waals surface area contributed by atoms with E-state index in [9.17, 15) is 0 Å². The van der Waals surface area contributed by atoms with Gasteiger partial charge in [0.05, 0.1) is 18.3 Å². The fourth-order valence-corrected chi connectivity index (χ4v) is 3.16. The van der Waals surface area contributed by atoms with Gasteiger partial charge in [-0.15, -0.1) is 0 Å². The van der Waals surface area contributed by atoms with E-state index >= 15 is 0 Å². The summed E-state index contributed by atoms with van der Waals surface area (Å²) in [6, 6.07) is 0. The van der Waals surface area contributed by atoms with Crippen molar-refractivity contribution in [1.29, 1.82) is 0 Å². The molecular formula is C12H20O2. The van der Waals surface area contributed by atoms with Crippen LogP contribution in [0.15, 0.2) is 0 Å². The molecule has 0 aromatic carbocycles. The molecule has 0 aromatic rings. The van der Waals surface area contributed by atoms with Crippen molar-refractivity contribution in [3.63, 3.8) is 0 Å². The molecule has 2 heterocycles. The van der Waals surface area contributed by atoms with Crippen molar-refractivity contribution in [2.45, 2.75) is 50.7 Å². The molecule has 3 fully saturated rings. The Hall–Kier alpha value is -0.0800. The monoisotopic (exact) mass is 196 g/mol. The highest BCUT2D eigenvalue weighted by atomic mass is 16.5. The standard InChI is InChI=1S/C12H20O2/c1-9-7-12(4-5-13-9)3-2-10-6-11(10)8-14-12/h9-11H,2-8H2,1H3/t9-,10-,11-,12-/m1/s1. The molecule has 0 amide bonds. The summed E-state index contributed by atoms with van der Waals surface area (Å²) in [6.45, 7) is 4.10. The van der Waals surface area contributed by atoms with Crippen LogP contribution < -0.4 is 0 Å². The molecule has 0 aromatic heterocycles. The lowest BCUT2D eigenvalue weighted by molar-refractivity contribution is -0.136. The first-order valence-corrected chi connectivity index (χ1v) is 6.03. The third-order valence-electron chi connectivity index (χ3n) is 4.26. The van der Waals surface area contributed by atoms with Gasteiger partial charge in [-0.1, -0.05) is 0 Å². The number of fused-ring (bicyclic) bond motifs is 1. The summed E-state index contributed by atoms with van der Waals surface area (Å²) in [4.78, 5) is 0. The summed E-state index contributed by atoms with van der Waals surface area (Å²) >= 11 is 0. The zero-order valence-corrected chi connectivity index (χ0v) is 9.00. The van der Waals surface area contributed by atoms with E-state index in [1.54, 1.807) is 0 Å². The van der Waals surface area contributed by atoms with Gasteiger partial charge in [-0.2, -0.15) is 0 Å². The number of hydrogen-bond acceptors (Lipinski definition) is 2. The molecule has 80 valence electrons. The third kappa shape index (κ3) is 1.59. The van der Waals surface area contributed by atoms with Gasteiger partial charge >= 0.3 is 0 Å². The van der Waals surface area contributed by atoms with E-state index in [0.717, 1.165) is 37.9 Å². The van der Waals surface area contributed by atoms with Crippen LogP contribution >= 0.6 is 0 Å². The lowest BCUT2D eigenvalue weighted by Crippen LogP contribution is -2.42. The molecule has 14 heavy (non-hydrogen) atoms. The Morgan fingerprint density at radius 2 is 2.14 bits per heavy atom. The van der Waals surface area contributed by atoms with Gasteiger partial charge in [0.2, 0.25) is 0 Å². The fourth-order valence-electron chi connectivity index (χ4n) is 3.16. The molecule has 0 radical (unpaired) electrons. The van der Waals surface area contributed by atoms with Crippen molar-refractivity contribution in [3.8, 4) is 0 Å². The largest absolute Gasteiger partial charge is 0.378 e. The average molecular weight is 196 g/mol. The molecule has 0 unspecified atom stereocenters. The van der Waals surface area contributed by atoms with Gasteiger partial charge in [0.15, 0.2) is 0 Å². The number of ether oxygens (including phenoxy) is 2. The number of hydrogen-bond donors (Lipinski definition) is 0. The van der Waals surface area contributed by atoms with Crippen LogP contribution in [-0.4, -0.2) is 24.9 Å². The molecule has 0 bridgehead atoms. The van der Waals surface area contributed by atoms with Gasteiger partial charge in [0.25, 0.3) is 0 Å². The van der Waals surface area contributed by atoms with Crippen LogP contribution in [0.3, 0.4) is 0 Å². The molecule has 1 saturated carbocycles. The second-order valence-electron chi connectivity index (χ2n) is 5.42. The summed E-state index contributed by atoms with van der Waals surface area (Å²) in [6.07, 6.45) is 6.75. The van der Waals surface area contributed by atoms with E-state index in [0.29, 0.717) is 6.10 Å². The van der Waals surface area contributed by atoms with E-state index < -0.39 is 0 Å². The van der Waals surface area contributed by atoms with E-state index in [1.165, 1.54) is 19.3 Å². The second kappa shape index (κ2) is 3.21. The van der Waals surface area contributed by atoms with Crippen molar-refractivity contribution >= 4 is 0 Å². The molecule has 1 spiro atoms. The van der Waals surface area contributed by atoms with E-state index in [-0.39, 0.29) is 5.60 Å². The van der Waals surface area contributed by atoms with Crippen molar-refractivity contribution in [3.05, 3.63) is 0 Å². The van der Waals surface area contributed by atoms with Crippen LogP contribution in [0.5, 0.6) is 0 Å². The molecular weight excluding hydrogens is 176 g/mol. The summed E-state index contributed by atoms with van der Waals surface area (Å²) in [5.74, 6) is 1.92. The van der Waals surface area contributed by atoms with Crippen LogP contribution in [-0.2, 0) is 9.47 Å². The van der Waals surface area contributed by atoms with Gasteiger partial charge in [0.1, 0.15) is 0 Å². The fraction of sp³-hybridized carbons (Fsp3) is 1.00. The van der Waals surface area contributed by atoms with Crippen LogP contribution in [0.25, 0.3) is 0 Å². The lowest BCUT2D eigenvalue weighted by Gasteiger charge is -2.39. The molecule has 2 aliphatic heterocycles. The maximum absolute atomic E-state index is 6.18. The predicted octanol–water partition coefficient (Wildman–Crippen LogP) is 2.37. The molecule has 2 heteroatoms. The summed E-state index contributed by atoms with van der Waals surface area (Å²) in [7, 11) is 0. The first kappa shape index (κ1) is 9.17. The summed E-state index contributed by atoms with van der Waals surface area (Å²) in [5.41, 5.74) is 0.199. The molecule has 0 N–H and O–H groups in total. The first-order valence-electron chi connectivity index (χ1n) is 6.03. The smallest absolute Gasteiger partial charge is 0.0729 e. The minimum atomic E-state index is 0.199. The van der Waals surface area contributed by atoms with Crippen LogP contribution in [0.1, 0.15) is 39.0 Å². The third-order valence-corrected chi connectivity index (χ3v) is 4.26. The van der Waals surface area contributed by atoms with Crippen LogP contribution in [0.4, 0.5) is 0 Å². The molecule has 2 nitrogen and oxygen atoms in total. The molecule has 3 aliphatic rings. The van der Waals surface area contributed by atoms with E-state index in [4.69, 9.17) is 9.47 Å². The van der Waals surface area contributed by atoms with Gasteiger partial charge in [0, 0.05) is 13.0 Å². The summed E-state index contributed by atoms with van der Waals surface area (Å²) < 4.78 is 11.8. The predicted molar refractivity (Wildman–Crippen MR) is 54.2 cm³/mol. The quantitative estimate of drug-likeness (QED) is 0.592. The Morgan fingerprint density at radius 3 is 3.00 bits per heavy atom.